The number of aliphatic hydroxyl groups excluding tert-OH is 1. The monoisotopic (exact) mass is 460 g/mol. The Kier molecular flexibility index (Phi) is 16.1. The van der Waals surface area contributed by atoms with Crippen molar-refractivity contribution in [1.82, 2.24) is 0 Å². The molecule has 1 aliphatic rings. The summed E-state index contributed by atoms with van der Waals surface area (Å²) < 4.78 is 6.30. The Morgan fingerprint density at radius 1 is 0.939 bits per heavy atom. The number of unbranched alkanes of at least 4 members (excludes halogenated alkanes) is 3. The summed E-state index contributed by atoms with van der Waals surface area (Å²) in [7, 11) is 0. The van der Waals surface area contributed by atoms with Gasteiger partial charge in [0.05, 0.1) is 12.2 Å². The van der Waals surface area contributed by atoms with E-state index in [-0.39, 0.29) is 18.1 Å². The molecular weight excluding hydrogens is 404 g/mol. The van der Waals surface area contributed by atoms with Crippen LogP contribution < -0.4 is 0 Å². The Morgan fingerprint density at radius 3 is 2.30 bits per heavy atom. The number of aliphatic hydroxyl groups is 1. The second kappa shape index (κ2) is 17.6. The fourth-order valence-electron chi connectivity index (χ4n) is 4.82. The van der Waals surface area contributed by atoms with Crippen molar-refractivity contribution in [3.05, 3.63) is 34.9 Å². The second-order valence-electron chi connectivity index (χ2n) is 10.9. The number of ether oxygens (including phenoxy) is 1. The van der Waals surface area contributed by atoms with Crippen LogP contribution in [-0.2, 0) is 4.74 Å². The molecule has 0 fully saturated rings. The summed E-state index contributed by atoms with van der Waals surface area (Å²) in [4.78, 5) is 0. The zero-order chi connectivity index (χ0) is 24.6. The fraction of sp³-hybridized carbons (Fsp3) is 0.806. The third-order valence-corrected chi connectivity index (χ3v) is 7.67. The molecule has 0 aromatic carbocycles. The van der Waals surface area contributed by atoms with Gasteiger partial charge in [-0.2, -0.15) is 0 Å². The van der Waals surface area contributed by atoms with Gasteiger partial charge in [-0.25, -0.2) is 0 Å². The molecule has 1 aliphatic carbocycles. The summed E-state index contributed by atoms with van der Waals surface area (Å²) in [6, 6.07) is 0. The van der Waals surface area contributed by atoms with E-state index in [1.807, 2.05) is 0 Å². The molecule has 0 aromatic rings. The first-order valence-corrected chi connectivity index (χ1v) is 14.1. The summed E-state index contributed by atoms with van der Waals surface area (Å²) in [6.45, 7) is 16.7. The Balaban J connectivity index is 2.38. The number of rotatable bonds is 17. The van der Waals surface area contributed by atoms with Crippen molar-refractivity contribution in [3.8, 4) is 0 Å². The molecule has 0 aliphatic heterocycles. The summed E-state index contributed by atoms with van der Waals surface area (Å²) in [5.41, 5.74) is 4.44. The fourth-order valence-corrected chi connectivity index (χ4v) is 4.82. The third-order valence-electron chi connectivity index (χ3n) is 7.67. The third kappa shape index (κ3) is 12.4. The van der Waals surface area contributed by atoms with E-state index in [4.69, 9.17) is 4.74 Å². The van der Waals surface area contributed by atoms with Crippen molar-refractivity contribution < 1.29 is 9.84 Å². The van der Waals surface area contributed by atoms with Gasteiger partial charge in [-0.1, -0.05) is 89.7 Å². The second-order valence-corrected chi connectivity index (χ2v) is 10.9. The lowest BCUT2D eigenvalue weighted by atomic mass is 9.76. The van der Waals surface area contributed by atoms with Crippen LogP contribution in [0.2, 0.25) is 0 Å². The van der Waals surface area contributed by atoms with Gasteiger partial charge in [-0.3, -0.25) is 0 Å². The molecule has 1 N–H and O–H groups in total. The van der Waals surface area contributed by atoms with Gasteiger partial charge in [0.25, 0.3) is 0 Å². The molecule has 0 bridgehead atoms. The predicted octanol–water partition coefficient (Wildman–Crippen LogP) is 9.19. The van der Waals surface area contributed by atoms with E-state index in [2.05, 4.69) is 66.7 Å². The van der Waals surface area contributed by atoms with Crippen LogP contribution in [0.5, 0.6) is 0 Å². The first-order chi connectivity index (χ1) is 15.8. The van der Waals surface area contributed by atoms with E-state index < -0.39 is 0 Å². The molecule has 5 unspecified atom stereocenters. The first kappa shape index (κ1) is 30.2. The quantitative estimate of drug-likeness (QED) is 0.173. The van der Waals surface area contributed by atoms with E-state index >= 15 is 0 Å². The van der Waals surface area contributed by atoms with E-state index in [1.165, 1.54) is 69.8 Å². The van der Waals surface area contributed by atoms with E-state index in [0.29, 0.717) is 11.8 Å². The average Bonchev–Trinajstić information content (AvgIpc) is 2.78. The van der Waals surface area contributed by atoms with Crippen LogP contribution in [0.4, 0.5) is 0 Å². The van der Waals surface area contributed by atoms with Crippen LogP contribution in [0.15, 0.2) is 34.9 Å². The highest BCUT2D eigenvalue weighted by molar-refractivity contribution is 5.18. The molecule has 2 heteroatoms. The van der Waals surface area contributed by atoms with Gasteiger partial charge in [0.15, 0.2) is 0 Å². The minimum atomic E-state index is -0.325. The molecule has 5 atom stereocenters. The van der Waals surface area contributed by atoms with E-state index in [0.717, 1.165) is 19.4 Å². The molecule has 0 saturated heterocycles. The van der Waals surface area contributed by atoms with Gasteiger partial charge in [0.2, 0.25) is 0 Å². The predicted molar refractivity (Wildman–Crippen MR) is 146 cm³/mol. The van der Waals surface area contributed by atoms with Crippen molar-refractivity contribution in [2.75, 3.05) is 6.61 Å². The molecule has 33 heavy (non-hydrogen) atoms. The van der Waals surface area contributed by atoms with Crippen LogP contribution >= 0.6 is 0 Å². The lowest BCUT2D eigenvalue weighted by Gasteiger charge is -2.37. The van der Waals surface area contributed by atoms with Crippen molar-refractivity contribution in [2.45, 2.75) is 138 Å². The maximum Gasteiger partial charge on any atom is 0.0815 e. The number of hydrogen-bond acceptors (Lipinski definition) is 2. The molecule has 1 rings (SSSR count). The number of allylic oxidation sites excluding steroid dienone is 4. The molecule has 0 radical (unpaired) electrons. The Labute approximate surface area is 207 Å². The zero-order valence-electron chi connectivity index (χ0n) is 23.2. The molecule has 2 nitrogen and oxygen atoms in total. The maximum absolute atomic E-state index is 10.5. The van der Waals surface area contributed by atoms with Crippen LogP contribution in [0, 0.1) is 17.8 Å². The SMILES string of the molecule is CCCC/C=C(\C)CC/C=C(\C)CCCC(C)CCC1=CC(O)C(C)C(C)C1OCCCC. The maximum atomic E-state index is 10.5. The van der Waals surface area contributed by atoms with Crippen molar-refractivity contribution >= 4 is 0 Å². The molecule has 0 spiro atoms. The Bertz CT molecular complexity index is 600. The molecular formula is C31H56O2. The van der Waals surface area contributed by atoms with Crippen LogP contribution in [0.25, 0.3) is 0 Å². The average molecular weight is 461 g/mol. The van der Waals surface area contributed by atoms with Crippen LogP contribution in [0.3, 0.4) is 0 Å². The summed E-state index contributed by atoms with van der Waals surface area (Å²) in [5.74, 6) is 1.36. The largest absolute Gasteiger partial charge is 0.389 e. The minimum absolute atomic E-state index is 0.187. The standard InChI is InChI=1S/C31H56O2/c1-8-10-12-15-24(3)16-13-17-25(4)18-14-19-26(5)20-21-29-23-30(32)27(6)28(7)31(29)33-22-11-9-2/h15,17,23,26-28,30-32H,8-14,16,18-22H2,1-7H3/b24-15+,25-17+. The van der Waals surface area contributed by atoms with Gasteiger partial charge in [-0.15, -0.1) is 0 Å². The normalized spacial score (nSPS) is 25.3. The van der Waals surface area contributed by atoms with Crippen molar-refractivity contribution in [2.24, 2.45) is 17.8 Å². The van der Waals surface area contributed by atoms with Gasteiger partial charge in [0, 0.05) is 6.61 Å². The highest BCUT2D eigenvalue weighted by Gasteiger charge is 2.34. The highest BCUT2D eigenvalue weighted by Crippen LogP contribution is 2.35. The van der Waals surface area contributed by atoms with Crippen molar-refractivity contribution in [3.63, 3.8) is 0 Å². The molecule has 0 saturated carbocycles. The molecule has 0 amide bonds. The highest BCUT2D eigenvalue weighted by atomic mass is 16.5. The minimum Gasteiger partial charge on any atom is -0.389 e. The molecule has 0 heterocycles. The van der Waals surface area contributed by atoms with Gasteiger partial charge >= 0.3 is 0 Å². The van der Waals surface area contributed by atoms with Crippen molar-refractivity contribution in [1.29, 1.82) is 0 Å². The Morgan fingerprint density at radius 2 is 1.61 bits per heavy atom. The van der Waals surface area contributed by atoms with Gasteiger partial charge in [-0.05, 0) is 88.5 Å². The summed E-state index contributed by atoms with van der Waals surface area (Å²) >= 11 is 0. The van der Waals surface area contributed by atoms with Crippen LogP contribution in [-0.4, -0.2) is 23.9 Å². The summed E-state index contributed by atoms with van der Waals surface area (Å²) in [5, 5.41) is 10.5. The van der Waals surface area contributed by atoms with Crippen LogP contribution in [0.1, 0.15) is 126 Å². The first-order valence-electron chi connectivity index (χ1n) is 14.1. The molecule has 0 aromatic heterocycles. The Hall–Kier alpha value is -0.860. The number of hydrogen-bond donors (Lipinski definition) is 1. The smallest absolute Gasteiger partial charge is 0.0815 e. The van der Waals surface area contributed by atoms with E-state index in [9.17, 15) is 5.11 Å². The summed E-state index contributed by atoms with van der Waals surface area (Å²) in [6.07, 6.45) is 21.4. The zero-order valence-corrected chi connectivity index (χ0v) is 23.2. The topological polar surface area (TPSA) is 29.5 Å². The van der Waals surface area contributed by atoms with E-state index in [1.54, 1.807) is 11.1 Å². The molecule has 192 valence electrons. The van der Waals surface area contributed by atoms with Gasteiger partial charge < -0.3 is 9.84 Å². The van der Waals surface area contributed by atoms with Gasteiger partial charge in [0.1, 0.15) is 0 Å². The lowest BCUT2D eigenvalue weighted by Crippen LogP contribution is -2.39. The lowest BCUT2D eigenvalue weighted by molar-refractivity contribution is -0.0123.